The molecule has 2 aliphatic rings. The molecule has 2 heterocycles. The quantitative estimate of drug-likeness (QED) is 0.142. The van der Waals surface area contributed by atoms with Crippen LogP contribution in [0.3, 0.4) is 0 Å². The molecule has 4 amide bonds. The Bertz CT molecular complexity index is 1360. The number of rotatable bonds is 18. The third-order valence-electron chi connectivity index (χ3n) is 8.54. The number of halogens is 1. The first-order valence-corrected chi connectivity index (χ1v) is 16.2. The zero-order valence-corrected chi connectivity index (χ0v) is 26.8. The van der Waals surface area contributed by atoms with Crippen molar-refractivity contribution in [1.29, 1.82) is 0 Å². The van der Waals surface area contributed by atoms with E-state index in [-0.39, 0.29) is 30.0 Å². The molecule has 2 aromatic carbocycles. The summed E-state index contributed by atoms with van der Waals surface area (Å²) in [6, 6.07) is 9.95. The Morgan fingerprint density at radius 1 is 0.978 bits per heavy atom. The molecule has 0 bridgehead atoms. The van der Waals surface area contributed by atoms with Crippen LogP contribution in [0.1, 0.15) is 84.7 Å². The Hall–Kier alpha value is -3.87. The van der Waals surface area contributed by atoms with E-state index < -0.39 is 29.6 Å². The first kappa shape index (κ1) is 35.0. The number of carbonyl (C=O) groups excluding carboxylic acids is 4. The predicted octanol–water partition coefficient (Wildman–Crippen LogP) is 3.66. The van der Waals surface area contributed by atoms with Gasteiger partial charge in [0, 0.05) is 57.8 Å². The Morgan fingerprint density at radius 2 is 1.67 bits per heavy atom. The fourth-order valence-corrected chi connectivity index (χ4v) is 5.76. The predicted molar refractivity (Wildman–Crippen MR) is 172 cm³/mol. The lowest BCUT2D eigenvalue weighted by Gasteiger charge is -2.36. The third-order valence-corrected chi connectivity index (χ3v) is 8.54. The summed E-state index contributed by atoms with van der Waals surface area (Å²) < 4.78 is 26.9. The summed E-state index contributed by atoms with van der Waals surface area (Å²) in [5, 5.41) is 2.04. The number of amides is 4. The molecule has 2 unspecified atom stereocenters. The number of piperazine rings is 1. The van der Waals surface area contributed by atoms with E-state index in [9.17, 15) is 19.2 Å². The highest BCUT2D eigenvalue weighted by Crippen LogP contribution is 2.32. The molecule has 2 atom stereocenters. The first-order valence-electron chi connectivity index (χ1n) is 16.2. The van der Waals surface area contributed by atoms with Crippen molar-refractivity contribution in [2.45, 2.75) is 64.5 Å². The molecule has 2 aromatic rings. The molecule has 3 N–H and O–H groups in total. The zero-order chi connectivity index (χ0) is 33.1. The molecule has 12 heteroatoms. The highest BCUT2D eigenvalue weighted by molar-refractivity contribution is 6.22. The molecule has 250 valence electrons. The van der Waals surface area contributed by atoms with Gasteiger partial charge < -0.3 is 20.1 Å². The van der Waals surface area contributed by atoms with Gasteiger partial charge in [-0.3, -0.25) is 34.3 Å². The Balaban J connectivity index is 1.11. The summed E-state index contributed by atoms with van der Waals surface area (Å²) >= 11 is 0. The van der Waals surface area contributed by atoms with Gasteiger partial charge in [0.1, 0.15) is 11.6 Å². The fraction of sp³-hybridized carbons (Fsp3) is 0.529. The van der Waals surface area contributed by atoms with Gasteiger partial charge in [0.15, 0.2) is 0 Å². The lowest BCUT2D eigenvalue weighted by atomic mass is 10.1. The molecule has 0 radical (unpaired) electrons. The van der Waals surface area contributed by atoms with Gasteiger partial charge in [-0.15, -0.1) is 0 Å². The maximum Gasteiger partial charge on any atom is 0.261 e. The molecule has 0 spiro atoms. The van der Waals surface area contributed by atoms with E-state index in [0.29, 0.717) is 45.0 Å². The van der Waals surface area contributed by atoms with Crippen LogP contribution in [0.5, 0.6) is 5.75 Å². The Kier molecular flexibility index (Phi) is 13.1. The smallest absolute Gasteiger partial charge is 0.261 e. The second-order valence-corrected chi connectivity index (χ2v) is 12.0. The number of benzene rings is 2. The lowest BCUT2D eigenvalue weighted by Crippen LogP contribution is -2.47. The van der Waals surface area contributed by atoms with E-state index >= 15 is 4.39 Å². The number of fused-ring (bicyclic) bond motifs is 1. The van der Waals surface area contributed by atoms with Gasteiger partial charge in [-0.2, -0.15) is 0 Å². The number of nitrogens with zero attached hydrogens (tertiary/aromatic N) is 3. The van der Waals surface area contributed by atoms with Crippen LogP contribution in [0.15, 0.2) is 36.4 Å². The first-order chi connectivity index (χ1) is 22.2. The van der Waals surface area contributed by atoms with E-state index in [1.54, 1.807) is 6.92 Å². The normalized spacial score (nSPS) is 16.3. The van der Waals surface area contributed by atoms with Crippen LogP contribution in [-0.2, 0) is 14.3 Å². The van der Waals surface area contributed by atoms with Crippen molar-refractivity contribution in [3.8, 4) is 5.75 Å². The molecular weight excluding hydrogens is 593 g/mol. The van der Waals surface area contributed by atoms with Crippen LogP contribution >= 0.6 is 0 Å². The number of imide groups is 2. The molecule has 0 aliphatic carbocycles. The van der Waals surface area contributed by atoms with Crippen LogP contribution in [0.2, 0.25) is 0 Å². The number of anilines is 1. The minimum absolute atomic E-state index is 0.00988. The van der Waals surface area contributed by atoms with Gasteiger partial charge in [0.25, 0.3) is 11.8 Å². The maximum absolute atomic E-state index is 15.2. The van der Waals surface area contributed by atoms with Gasteiger partial charge in [0.2, 0.25) is 12.3 Å². The minimum Gasteiger partial charge on any atom is -0.494 e. The third kappa shape index (κ3) is 9.34. The summed E-state index contributed by atoms with van der Waals surface area (Å²) in [6.07, 6.45) is 4.60. The maximum atomic E-state index is 15.2. The lowest BCUT2D eigenvalue weighted by molar-refractivity contribution is -0.125. The molecule has 4 rings (SSSR count). The number of unbranched alkanes of at least 4 members (excludes halogenated alkanes) is 3. The number of nitrogens with one attached hydrogen (secondary N) is 1. The summed E-state index contributed by atoms with van der Waals surface area (Å²) in [4.78, 5) is 53.4. The summed E-state index contributed by atoms with van der Waals surface area (Å²) in [5.74, 6) is -1.26. The van der Waals surface area contributed by atoms with E-state index in [0.717, 1.165) is 67.6 Å². The standard InChI is InChI=1S/C34H46FN5O6/c1-24(10-11-32(42)37-23-41)40-33(43)28-21-30(35)31(22-29(28)34(40)44)39-14-12-38(13-15-39)16-19-45-17-5-3-4-6-18-46-27-9-7-8-26(20-27)25(2)36/h7-9,20-25H,3-6,10-19,36H2,1-2H3,(H,37,41,42). The largest absolute Gasteiger partial charge is 0.494 e. The van der Waals surface area contributed by atoms with Crippen molar-refractivity contribution in [2.75, 3.05) is 57.4 Å². The van der Waals surface area contributed by atoms with E-state index in [2.05, 4.69) is 4.90 Å². The van der Waals surface area contributed by atoms with Crippen LogP contribution in [0.25, 0.3) is 0 Å². The molecule has 1 fully saturated rings. The molecule has 11 nitrogen and oxygen atoms in total. The van der Waals surface area contributed by atoms with Crippen molar-refractivity contribution in [3.63, 3.8) is 0 Å². The molecule has 2 aliphatic heterocycles. The second-order valence-electron chi connectivity index (χ2n) is 12.0. The number of carbonyl (C=O) groups is 4. The molecular formula is C34H46FN5O6. The van der Waals surface area contributed by atoms with Gasteiger partial charge >= 0.3 is 0 Å². The van der Waals surface area contributed by atoms with Crippen molar-refractivity contribution >= 4 is 29.8 Å². The number of ether oxygens (including phenoxy) is 2. The van der Waals surface area contributed by atoms with E-state index in [1.165, 1.54) is 6.07 Å². The molecule has 46 heavy (non-hydrogen) atoms. The van der Waals surface area contributed by atoms with Gasteiger partial charge in [-0.05, 0) is 69.4 Å². The summed E-state index contributed by atoms with van der Waals surface area (Å²) in [6.45, 7) is 9.06. The van der Waals surface area contributed by atoms with Crippen LogP contribution in [-0.4, -0.2) is 92.5 Å². The average molecular weight is 640 g/mol. The average Bonchev–Trinajstić information content (AvgIpc) is 3.29. The van der Waals surface area contributed by atoms with Gasteiger partial charge in [-0.1, -0.05) is 18.6 Å². The van der Waals surface area contributed by atoms with Crippen molar-refractivity contribution in [2.24, 2.45) is 5.73 Å². The van der Waals surface area contributed by atoms with Gasteiger partial charge in [0.05, 0.1) is 30.0 Å². The van der Waals surface area contributed by atoms with Crippen LogP contribution < -0.4 is 20.7 Å². The van der Waals surface area contributed by atoms with Gasteiger partial charge in [-0.25, -0.2) is 4.39 Å². The number of nitrogens with two attached hydrogens (primary N) is 1. The fourth-order valence-electron chi connectivity index (χ4n) is 5.76. The highest BCUT2D eigenvalue weighted by atomic mass is 19.1. The molecule has 0 saturated carbocycles. The minimum atomic E-state index is -0.587. The number of hydrogen-bond acceptors (Lipinski definition) is 9. The highest BCUT2D eigenvalue weighted by Gasteiger charge is 2.40. The zero-order valence-electron chi connectivity index (χ0n) is 26.8. The second kappa shape index (κ2) is 17.2. The Morgan fingerprint density at radius 3 is 2.37 bits per heavy atom. The van der Waals surface area contributed by atoms with Crippen LogP contribution in [0.4, 0.5) is 10.1 Å². The summed E-state index contributed by atoms with van der Waals surface area (Å²) in [7, 11) is 0. The van der Waals surface area contributed by atoms with Crippen molar-refractivity contribution in [3.05, 3.63) is 58.9 Å². The van der Waals surface area contributed by atoms with Crippen molar-refractivity contribution in [1.82, 2.24) is 15.1 Å². The molecule has 0 aromatic heterocycles. The Labute approximate surface area is 270 Å². The van der Waals surface area contributed by atoms with E-state index in [1.807, 2.05) is 41.4 Å². The monoisotopic (exact) mass is 639 g/mol. The van der Waals surface area contributed by atoms with Crippen molar-refractivity contribution < 1.29 is 33.0 Å². The molecule has 1 saturated heterocycles. The SMILES string of the molecule is CC(N)c1cccc(OCCCCCCOCCN2CCN(c3cc4c(cc3F)C(=O)N(C(C)CCC(=O)NC=O)C4=O)CC2)c1. The van der Waals surface area contributed by atoms with E-state index in [4.69, 9.17) is 15.2 Å². The summed E-state index contributed by atoms with van der Waals surface area (Å²) in [5.41, 5.74) is 7.51. The topological polar surface area (TPSA) is 135 Å². The van der Waals surface area contributed by atoms with Crippen LogP contribution in [0, 0.1) is 5.82 Å². The number of hydrogen-bond donors (Lipinski definition) is 2.